The van der Waals surface area contributed by atoms with Crippen LogP contribution in [0.1, 0.15) is 11.5 Å². The Bertz CT molecular complexity index is 272. The molecular weight excluding hydrogens is 166 g/mol. The largest absolute Gasteiger partial charge is 0.395 e. The first-order chi connectivity index (χ1) is 6.29. The Hall–Kier alpha value is -1.35. The molecule has 0 heterocycles. The summed E-state index contributed by atoms with van der Waals surface area (Å²) in [6.45, 7) is -0.163. The van der Waals surface area contributed by atoms with Gasteiger partial charge < -0.3 is 10.4 Å². The van der Waals surface area contributed by atoms with Crippen LogP contribution in [0, 0.1) is 0 Å². The number of amides is 1. The molecule has 3 heteroatoms. The Kier molecular flexibility index (Phi) is 3.46. The summed E-state index contributed by atoms with van der Waals surface area (Å²) in [6, 6.07) is 9.23. The van der Waals surface area contributed by atoms with E-state index in [1.54, 1.807) is 7.05 Å². The quantitative estimate of drug-likeness (QED) is 0.710. The van der Waals surface area contributed by atoms with Gasteiger partial charge in [0.2, 0.25) is 5.91 Å². The second-order valence-corrected chi connectivity index (χ2v) is 2.76. The van der Waals surface area contributed by atoms with Crippen molar-refractivity contribution in [2.24, 2.45) is 0 Å². The van der Waals surface area contributed by atoms with Crippen LogP contribution in [0.4, 0.5) is 0 Å². The lowest BCUT2D eigenvalue weighted by atomic mass is 9.99. The van der Waals surface area contributed by atoms with Crippen LogP contribution in [0.15, 0.2) is 30.3 Å². The molecular formula is C10H13NO2. The van der Waals surface area contributed by atoms with Gasteiger partial charge in [0.15, 0.2) is 0 Å². The number of aliphatic hydroxyl groups excluding tert-OH is 1. The zero-order valence-corrected chi connectivity index (χ0v) is 7.53. The van der Waals surface area contributed by atoms with Gasteiger partial charge in [0.25, 0.3) is 0 Å². The molecule has 0 fully saturated rings. The Labute approximate surface area is 77.4 Å². The molecule has 1 rings (SSSR count). The number of carbonyl (C=O) groups is 1. The predicted octanol–water partition coefficient (Wildman–Crippen LogP) is 0.508. The highest BCUT2D eigenvalue weighted by Crippen LogP contribution is 2.14. The molecule has 0 bridgehead atoms. The zero-order valence-electron chi connectivity index (χ0n) is 7.53. The number of benzene rings is 1. The molecule has 3 nitrogen and oxygen atoms in total. The summed E-state index contributed by atoms with van der Waals surface area (Å²) in [5.74, 6) is -0.611. The fourth-order valence-electron chi connectivity index (χ4n) is 1.20. The van der Waals surface area contributed by atoms with E-state index in [1.807, 2.05) is 30.3 Å². The summed E-state index contributed by atoms with van der Waals surface area (Å²) in [6.07, 6.45) is 0. The highest BCUT2D eigenvalue weighted by molar-refractivity contribution is 5.83. The predicted molar refractivity (Wildman–Crippen MR) is 50.3 cm³/mol. The zero-order chi connectivity index (χ0) is 9.68. The van der Waals surface area contributed by atoms with Crippen LogP contribution < -0.4 is 5.32 Å². The van der Waals surface area contributed by atoms with E-state index in [2.05, 4.69) is 5.32 Å². The second-order valence-electron chi connectivity index (χ2n) is 2.76. The number of hydrogen-bond acceptors (Lipinski definition) is 2. The minimum absolute atomic E-state index is 0.159. The molecule has 1 aromatic rings. The molecule has 70 valence electrons. The summed E-state index contributed by atoms with van der Waals surface area (Å²) >= 11 is 0. The lowest BCUT2D eigenvalue weighted by Gasteiger charge is -2.12. The van der Waals surface area contributed by atoms with Crippen molar-refractivity contribution >= 4 is 5.91 Å². The third-order valence-corrected chi connectivity index (χ3v) is 1.95. The van der Waals surface area contributed by atoms with Crippen molar-refractivity contribution in [2.45, 2.75) is 5.92 Å². The molecule has 0 aliphatic carbocycles. The molecule has 0 radical (unpaired) electrons. The molecule has 2 N–H and O–H groups in total. The lowest BCUT2D eigenvalue weighted by Crippen LogP contribution is -2.27. The van der Waals surface area contributed by atoms with Crippen LogP contribution in [-0.2, 0) is 4.79 Å². The standard InChI is InChI=1S/C10H13NO2/c1-11-10(13)9(7-12)8-5-3-2-4-6-8/h2-6,9,12H,7H2,1H3,(H,11,13). The molecule has 13 heavy (non-hydrogen) atoms. The first-order valence-electron chi connectivity index (χ1n) is 4.17. The van der Waals surface area contributed by atoms with Gasteiger partial charge in [-0.25, -0.2) is 0 Å². The number of nitrogens with one attached hydrogen (secondary N) is 1. The summed E-state index contributed by atoms with van der Waals surface area (Å²) in [5, 5.41) is 11.5. The van der Waals surface area contributed by atoms with Gasteiger partial charge in [-0.3, -0.25) is 4.79 Å². The van der Waals surface area contributed by atoms with Crippen molar-refractivity contribution in [3.05, 3.63) is 35.9 Å². The van der Waals surface area contributed by atoms with E-state index in [0.717, 1.165) is 5.56 Å². The molecule has 1 aromatic carbocycles. The van der Waals surface area contributed by atoms with Crippen molar-refractivity contribution in [3.8, 4) is 0 Å². The van der Waals surface area contributed by atoms with E-state index < -0.39 is 5.92 Å². The summed E-state index contributed by atoms with van der Waals surface area (Å²) in [7, 11) is 1.56. The van der Waals surface area contributed by atoms with E-state index in [-0.39, 0.29) is 12.5 Å². The van der Waals surface area contributed by atoms with Gasteiger partial charge in [0, 0.05) is 7.05 Å². The van der Waals surface area contributed by atoms with E-state index in [1.165, 1.54) is 0 Å². The van der Waals surface area contributed by atoms with E-state index in [0.29, 0.717) is 0 Å². The Morgan fingerprint density at radius 1 is 1.46 bits per heavy atom. The Morgan fingerprint density at radius 2 is 2.08 bits per heavy atom. The normalized spacial score (nSPS) is 12.2. The SMILES string of the molecule is CNC(=O)C(CO)c1ccccc1. The van der Waals surface area contributed by atoms with Crippen molar-refractivity contribution < 1.29 is 9.90 Å². The van der Waals surface area contributed by atoms with Crippen LogP contribution in [0.5, 0.6) is 0 Å². The molecule has 0 spiro atoms. The smallest absolute Gasteiger partial charge is 0.229 e. The average molecular weight is 179 g/mol. The second kappa shape index (κ2) is 4.62. The third-order valence-electron chi connectivity index (χ3n) is 1.95. The van der Waals surface area contributed by atoms with Crippen LogP contribution in [0.2, 0.25) is 0 Å². The highest BCUT2D eigenvalue weighted by Gasteiger charge is 2.17. The topological polar surface area (TPSA) is 49.3 Å². The molecule has 1 atom stereocenters. The first-order valence-corrected chi connectivity index (χ1v) is 4.17. The van der Waals surface area contributed by atoms with Crippen molar-refractivity contribution in [2.75, 3.05) is 13.7 Å². The number of hydrogen-bond donors (Lipinski definition) is 2. The maximum atomic E-state index is 11.3. The van der Waals surface area contributed by atoms with Gasteiger partial charge >= 0.3 is 0 Å². The van der Waals surface area contributed by atoms with E-state index in [4.69, 9.17) is 5.11 Å². The summed E-state index contributed by atoms with van der Waals surface area (Å²) in [4.78, 5) is 11.3. The minimum Gasteiger partial charge on any atom is -0.395 e. The van der Waals surface area contributed by atoms with Crippen LogP contribution in [0.25, 0.3) is 0 Å². The molecule has 0 saturated carbocycles. The number of rotatable bonds is 3. The highest BCUT2D eigenvalue weighted by atomic mass is 16.3. The van der Waals surface area contributed by atoms with Crippen molar-refractivity contribution in [1.29, 1.82) is 0 Å². The van der Waals surface area contributed by atoms with Crippen LogP contribution in [0.3, 0.4) is 0 Å². The van der Waals surface area contributed by atoms with Gasteiger partial charge in [-0.05, 0) is 5.56 Å². The molecule has 1 amide bonds. The molecule has 0 aliphatic heterocycles. The maximum Gasteiger partial charge on any atom is 0.229 e. The Morgan fingerprint density at radius 3 is 2.54 bits per heavy atom. The fourth-order valence-corrected chi connectivity index (χ4v) is 1.20. The molecule has 1 unspecified atom stereocenters. The maximum absolute atomic E-state index is 11.3. The van der Waals surface area contributed by atoms with Gasteiger partial charge in [-0.15, -0.1) is 0 Å². The first kappa shape index (κ1) is 9.74. The van der Waals surface area contributed by atoms with Crippen molar-refractivity contribution in [3.63, 3.8) is 0 Å². The molecule has 0 aliphatic rings. The summed E-state index contributed by atoms with van der Waals surface area (Å²) in [5.41, 5.74) is 0.837. The van der Waals surface area contributed by atoms with Gasteiger partial charge in [-0.2, -0.15) is 0 Å². The molecule has 0 aromatic heterocycles. The summed E-state index contributed by atoms with van der Waals surface area (Å²) < 4.78 is 0. The minimum atomic E-state index is -0.453. The van der Waals surface area contributed by atoms with Crippen molar-refractivity contribution in [1.82, 2.24) is 5.32 Å². The Balaban J connectivity index is 2.85. The van der Waals surface area contributed by atoms with Crippen LogP contribution in [-0.4, -0.2) is 24.7 Å². The number of likely N-dealkylation sites (N-methyl/N-ethyl adjacent to an activating group) is 1. The van der Waals surface area contributed by atoms with Gasteiger partial charge in [-0.1, -0.05) is 30.3 Å². The van der Waals surface area contributed by atoms with E-state index >= 15 is 0 Å². The number of aliphatic hydroxyl groups is 1. The fraction of sp³-hybridized carbons (Fsp3) is 0.300. The van der Waals surface area contributed by atoms with Gasteiger partial charge in [0.1, 0.15) is 0 Å². The third kappa shape index (κ3) is 2.29. The van der Waals surface area contributed by atoms with Gasteiger partial charge in [0.05, 0.1) is 12.5 Å². The lowest BCUT2D eigenvalue weighted by molar-refractivity contribution is -0.122. The van der Waals surface area contributed by atoms with Crippen LogP contribution >= 0.6 is 0 Å². The average Bonchev–Trinajstić information content (AvgIpc) is 2.20. The molecule has 0 saturated heterocycles. The van der Waals surface area contributed by atoms with E-state index in [9.17, 15) is 4.79 Å². The number of carbonyl (C=O) groups excluding carboxylic acids is 1. The monoisotopic (exact) mass is 179 g/mol.